The first-order valence-electron chi connectivity index (χ1n) is 5.68. The maximum Gasteiger partial charge on any atom is 0.303 e. The number of carbonyl (C=O) groups is 1. The van der Waals surface area contributed by atoms with E-state index in [9.17, 15) is 4.79 Å². The molecule has 1 aromatic heterocycles. The molecular weight excluding hydrogens is 330 g/mol. The number of benzene rings is 1. The molecule has 0 bridgehead atoms. The Kier molecular flexibility index (Phi) is 4.98. The fourth-order valence-electron chi connectivity index (χ4n) is 1.43. The molecule has 0 amide bonds. The summed E-state index contributed by atoms with van der Waals surface area (Å²) in [7, 11) is 0. The highest BCUT2D eigenvalue weighted by molar-refractivity contribution is 9.10. The van der Waals surface area contributed by atoms with Crippen LogP contribution >= 0.6 is 27.7 Å². The second-order valence-electron chi connectivity index (χ2n) is 3.82. The molecule has 0 saturated heterocycles. The Morgan fingerprint density at radius 1 is 1.37 bits per heavy atom. The predicted octanol–water partition coefficient (Wildman–Crippen LogP) is 3.19. The number of hydrogen-bond donors (Lipinski definition) is 2. The zero-order valence-electron chi connectivity index (χ0n) is 9.97. The third-order valence-electron chi connectivity index (χ3n) is 2.35. The molecule has 2 N–H and O–H groups in total. The standard InChI is InChI=1S/C12H12BrN3O2S/c13-9-5-3-8(4-6-9)11-14-12(16-15-11)19-7-1-2-10(17)18/h3-6H,1-2,7H2,(H,17,18)(H,14,15,16). The lowest BCUT2D eigenvalue weighted by Gasteiger charge is -1.95. The van der Waals surface area contributed by atoms with E-state index in [-0.39, 0.29) is 6.42 Å². The van der Waals surface area contributed by atoms with E-state index in [2.05, 4.69) is 31.1 Å². The number of thioether (sulfide) groups is 1. The van der Waals surface area contributed by atoms with Gasteiger partial charge in [-0.25, -0.2) is 4.98 Å². The number of rotatable bonds is 6. The van der Waals surface area contributed by atoms with Gasteiger partial charge in [-0.05, 0) is 18.6 Å². The van der Waals surface area contributed by atoms with Crippen molar-refractivity contribution in [2.45, 2.75) is 18.0 Å². The Morgan fingerprint density at radius 3 is 2.79 bits per heavy atom. The number of hydrogen-bond acceptors (Lipinski definition) is 4. The number of aromatic nitrogens is 3. The highest BCUT2D eigenvalue weighted by atomic mass is 79.9. The van der Waals surface area contributed by atoms with Gasteiger partial charge in [0.1, 0.15) is 0 Å². The molecule has 0 atom stereocenters. The van der Waals surface area contributed by atoms with Crippen molar-refractivity contribution in [2.75, 3.05) is 5.75 Å². The van der Waals surface area contributed by atoms with Crippen molar-refractivity contribution < 1.29 is 9.90 Å². The van der Waals surface area contributed by atoms with Crippen LogP contribution in [0.1, 0.15) is 12.8 Å². The Morgan fingerprint density at radius 2 is 2.11 bits per heavy atom. The largest absolute Gasteiger partial charge is 0.481 e. The van der Waals surface area contributed by atoms with Gasteiger partial charge in [0.05, 0.1) is 0 Å². The summed E-state index contributed by atoms with van der Waals surface area (Å²) >= 11 is 4.83. The summed E-state index contributed by atoms with van der Waals surface area (Å²) in [6.07, 6.45) is 0.791. The molecule has 2 rings (SSSR count). The number of aliphatic carboxylic acids is 1. The highest BCUT2D eigenvalue weighted by Crippen LogP contribution is 2.21. The van der Waals surface area contributed by atoms with Crippen LogP contribution in [0.5, 0.6) is 0 Å². The zero-order chi connectivity index (χ0) is 13.7. The molecule has 5 nitrogen and oxygen atoms in total. The van der Waals surface area contributed by atoms with E-state index >= 15 is 0 Å². The van der Waals surface area contributed by atoms with Crippen LogP contribution in [0.25, 0.3) is 11.4 Å². The maximum atomic E-state index is 10.4. The van der Waals surface area contributed by atoms with Gasteiger partial charge in [-0.3, -0.25) is 9.89 Å². The van der Waals surface area contributed by atoms with E-state index in [1.54, 1.807) is 0 Å². The van der Waals surface area contributed by atoms with Gasteiger partial charge < -0.3 is 5.11 Å². The summed E-state index contributed by atoms with van der Waals surface area (Å²) in [5.41, 5.74) is 0.966. The van der Waals surface area contributed by atoms with Gasteiger partial charge in [-0.15, -0.1) is 5.10 Å². The van der Waals surface area contributed by atoms with Crippen molar-refractivity contribution in [1.29, 1.82) is 0 Å². The second kappa shape index (κ2) is 6.72. The lowest BCUT2D eigenvalue weighted by Crippen LogP contribution is -1.94. The smallest absolute Gasteiger partial charge is 0.303 e. The van der Waals surface area contributed by atoms with Crippen molar-refractivity contribution in [2.24, 2.45) is 0 Å². The SMILES string of the molecule is O=C(O)CCCSc1n[nH]c(-c2ccc(Br)cc2)n1. The highest BCUT2D eigenvalue weighted by Gasteiger charge is 2.06. The average molecular weight is 342 g/mol. The van der Waals surface area contributed by atoms with Crippen LogP contribution in [0.15, 0.2) is 33.9 Å². The third kappa shape index (κ3) is 4.36. The first kappa shape index (κ1) is 14.1. The first-order chi connectivity index (χ1) is 9.15. The topological polar surface area (TPSA) is 78.9 Å². The average Bonchev–Trinajstić information content (AvgIpc) is 2.84. The number of carboxylic acids is 1. The van der Waals surface area contributed by atoms with Gasteiger partial charge in [0.25, 0.3) is 0 Å². The number of nitrogens with one attached hydrogen (secondary N) is 1. The molecule has 0 radical (unpaired) electrons. The van der Waals surface area contributed by atoms with Crippen molar-refractivity contribution in [3.05, 3.63) is 28.7 Å². The van der Waals surface area contributed by atoms with Crippen LogP contribution in [0.4, 0.5) is 0 Å². The van der Waals surface area contributed by atoms with Crippen molar-refractivity contribution in [1.82, 2.24) is 15.2 Å². The monoisotopic (exact) mass is 341 g/mol. The molecule has 1 aromatic carbocycles. The Labute approximate surface area is 123 Å². The molecule has 0 aliphatic carbocycles. The molecule has 19 heavy (non-hydrogen) atoms. The summed E-state index contributed by atoms with van der Waals surface area (Å²) in [5, 5.41) is 16.2. The predicted molar refractivity (Wildman–Crippen MR) is 77.1 cm³/mol. The van der Waals surface area contributed by atoms with E-state index in [0.717, 1.165) is 10.0 Å². The number of H-pyrrole nitrogens is 1. The molecule has 0 saturated carbocycles. The summed E-state index contributed by atoms with van der Waals surface area (Å²) in [4.78, 5) is 14.7. The van der Waals surface area contributed by atoms with Crippen LogP contribution in [-0.2, 0) is 4.79 Å². The Bertz CT molecular complexity index is 556. The van der Waals surface area contributed by atoms with Gasteiger partial charge in [0.2, 0.25) is 5.16 Å². The molecule has 0 spiro atoms. The zero-order valence-corrected chi connectivity index (χ0v) is 12.4. The van der Waals surface area contributed by atoms with Crippen molar-refractivity contribution >= 4 is 33.7 Å². The molecule has 7 heteroatoms. The molecule has 1 heterocycles. The van der Waals surface area contributed by atoms with Crippen LogP contribution in [0.3, 0.4) is 0 Å². The van der Waals surface area contributed by atoms with Gasteiger partial charge in [0, 0.05) is 22.2 Å². The number of carboxylic acid groups (broad SMARTS) is 1. The Balaban J connectivity index is 1.91. The van der Waals surface area contributed by atoms with E-state index < -0.39 is 5.97 Å². The molecule has 0 aliphatic rings. The van der Waals surface area contributed by atoms with Gasteiger partial charge >= 0.3 is 5.97 Å². The molecule has 0 fully saturated rings. The number of nitrogens with zero attached hydrogens (tertiary/aromatic N) is 2. The van der Waals surface area contributed by atoms with E-state index in [4.69, 9.17) is 5.11 Å². The lowest BCUT2D eigenvalue weighted by atomic mass is 10.2. The minimum absolute atomic E-state index is 0.178. The third-order valence-corrected chi connectivity index (χ3v) is 3.81. The van der Waals surface area contributed by atoms with Crippen LogP contribution < -0.4 is 0 Å². The summed E-state index contributed by atoms with van der Waals surface area (Å²) in [6.45, 7) is 0. The molecule has 100 valence electrons. The van der Waals surface area contributed by atoms with Gasteiger partial charge in [-0.2, -0.15) is 0 Å². The minimum Gasteiger partial charge on any atom is -0.481 e. The van der Waals surface area contributed by atoms with Crippen LogP contribution in [-0.4, -0.2) is 32.0 Å². The first-order valence-corrected chi connectivity index (χ1v) is 7.46. The minimum atomic E-state index is -0.772. The second-order valence-corrected chi connectivity index (χ2v) is 5.80. The Hall–Kier alpha value is -1.34. The fraction of sp³-hybridized carbons (Fsp3) is 0.250. The van der Waals surface area contributed by atoms with E-state index in [1.807, 2.05) is 24.3 Å². The van der Waals surface area contributed by atoms with Crippen molar-refractivity contribution in [3.63, 3.8) is 0 Å². The maximum absolute atomic E-state index is 10.4. The molecule has 0 aliphatic heterocycles. The summed E-state index contributed by atoms with van der Waals surface area (Å²) < 4.78 is 1.01. The molecule has 0 unspecified atom stereocenters. The molecule has 2 aromatic rings. The number of halogens is 1. The quantitative estimate of drug-likeness (QED) is 0.623. The summed E-state index contributed by atoms with van der Waals surface area (Å²) in [6, 6.07) is 7.78. The van der Waals surface area contributed by atoms with Crippen LogP contribution in [0.2, 0.25) is 0 Å². The summed E-state index contributed by atoms with van der Waals surface area (Å²) in [5.74, 6) is 0.642. The van der Waals surface area contributed by atoms with Crippen molar-refractivity contribution in [3.8, 4) is 11.4 Å². The normalized spacial score (nSPS) is 10.6. The molecular formula is C12H12BrN3O2S. The van der Waals surface area contributed by atoms with Gasteiger partial charge in [-0.1, -0.05) is 39.8 Å². The van der Waals surface area contributed by atoms with Gasteiger partial charge in [0.15, 0.2) is 5.82 Å². The van der Waals surface area contributed by atoms with Crippen LogP contribution in [0, 0.1) is 0 Å². The number of aromatic amines is 1. The van der Waals surface area contributed by atoms with E-state index in [0.29, 0.717) is 23.2 Å². The lowest BCUT2D eigenvalue weighted by molar-refractivity contribution is -0.137. The van der Waals surface area contributed by atoms with E-state index in [1.165, 1.54) is 11.8 Å². The fourth-order valence-corrected chi connectivity index (χ4v) is 2.44.